The molecule has 5 rings (SSSR count). The van der Waals surface area contributed by atoms with Gasteiger partial charge in [-0.25, -0.2) is 22.0 Å². The Morgan fingerprint density at radius 2 is 1.09 bits per heavy atom. The van der Waals surface area contributed by atoms with Gasteiger partial charge in [0.1, 0.15) is 23.2 Å². The van der Waals surface area contributed by atoms with Crippen LogP contribution < -0.4 is 4.74 Å². The maximum absolute atomic E-state index is 15.1. The summed E-state index contributed by atoms with van der Waals surface area (Å²) in [5.74, 6) is -4.83. The van der Waals surface area contributed by atoms with Crippen LogP contribution in [-0.2, 0) is 12.5 Å². The van der Waals surface area contributed by atoms with Gasteiger partial charge >= 0.3 is 6.11 Å². The highest BCUT2D eigenvalue weighted by Crippen LogP contribution is 2.36. The predicted octanol–water partition coefficient (Wildman–Crippen LogP) is 11.2. The summed E-state index contributed by atoms with van der Waals surface area (Å²) in [6, 6.07) is 20.3. The molecule has 0 saturated heterocycles. The van der Waals surface area contributed by atoms with E-state index in [1.54, 1.807) is 6.07 Å². The molecule has 0 aromatic heterocycles. The van der Waals surface area contributed by atoms with Gasteiger partial charge in [0.05, 0.1) is 5.56 Å². The maximum Gasteiger partial charge on any atom is 0.429 e. The lowest BCUT2D eigenvalue weighted by Crippen LogP contribution is -2.23. The summed E-state index contributed by atoms with van der Waals surface area (Å²) in [4.78, 5) is 0. The smallest absolute Gasteiger partial charge is 0.429 e. The average molecular weight is 609 g/mol. The van der Waals surface area contributed by atoms with Crippen molar-refractivity contribution < 1.29 is 35.5 Å². The van der Waals surface area contributed by atoms with Gasteiger partial charge in [-0.05, 0) is 89.2 Å². The van der Waals surface area contributed by atoms with E-state index in [9.17, 15) is 26.3 Å². The molecule has 0 aliphatic heterocycles. The van der Waals surface area contributed by atoms with Gasteiger partial charge in [-0.1, -0.05) is 68.3 Å². The number of hydrogen-bond donors (Lipinski definition) is 0. The van der Waals surface area contributed by atoms with E-state index in [4.69, 9.17) is 4.74 Å². The monoisotopic (exact) mass is 608 g/mol. The Labute approximate surface area is 250 Å². The van der Waals surface area contributed by atoms with Crippen LogP contribution in [0.5, 0.6) is 5.75 Å². The number of aryl methyl sites for hydroxylation is 1. The number of ether oxygens (including phenoxy) is 1. The average Bonchev–Trinajstić information content (AvgIpc) is 2.99. The van der Waals surface area contributed by atoms with Crippen molar-refractivity contribution in [3.63, 3.8) is 0 Å². The first kappa shape index (κ1) is 30.9. The first-order valence-electron chi connectivity index (χ1n) is 14.1. The molecule has 1 nitrogen and oxygen atoms in total. The van der Waals surface area contributed by atoms with Crippen molar-refractivity contribution in [3.8, 4) is 39.1 Å². The molecule has 0 saturated carbocycles. The van der Waals surface area contributed by atoms with E-state index in [1.165, 1.54) is 60.7 Å². The summed E-state index contributed by atoms with van der Waals surface area (Å²) < 4.78 is 106. The number of rotatable bonds is 10. The number of halogens is 7. The van der Waals surface area contributed by atoms with Crippen LogP contribution in [0.4, 0.5) is 30.7 Å². The zero-order chi connectivity index (χ0) is 31.4. The molecular formula is C36H27F7O. The van der Waals surface area contributed by atoms with Crippen molar-refractivity contribution >= 4 is 0 Å². The Morgan fingerprint density at radius 3 is 1.68 bits per heavy atom. The third kappa shape index (κ3) is 6.80. The molecule has 0 aliphatic carbocycles. The lowest BCUT2D eigenvalue weighted by molar-refractivity contribution is -0.187. The zero-order valence-electron chi connectivity index (χ0n) is 23.6. The topological polar surface area (TPSA) is 9.23 Å². The van der Waals surface area contributed by atoms with Gasteiger partial charge in [-0.3, -0.25) is 0 Å². The fourth-order valence-corrected chi connectivity index (χ4v) is 4.96. The predicted molar refractivity (Wildman–Crippen MR) is 157 cm³/mol. The highest BCUT2D eigenvalue weighted by Gasteiger charge is 2.37. The summed E-state index contributed by atoms with van der Waals surface area (Å²) in [5, 5.41) is 0. The number of hydrogen-bond acceptors (Lipinski definition) is 1. The highest BCUT2D eigenvalue weighted by molar-refractivity contribution is 5.74. The van der Waals surface area contributed by atoms with Gasteiger partial charge in [0, 0.05) is 11.1 Å². The van der Waals surface area contributed by atoms with Crippen molar-refractivity contribution in [1.29, 1.82) is 0 Å². The number of unbranched alkanes of at least 4 members (excludes halogenated alkanes) is 2. The van der Waals surface area contributed by atoms with Crippen molar-refractivity contribution in [2.45, 2.75) is 38.7 Å². The standard InChI is InChI=1S/C36H27F7O/c1-2-3-4-5-22-6-16-30(34(40)18-22)36(42,43)44-27-12-7-23(8-13-27)24-9-14-28(32(38)19-24)25-10-15-29(33(39)20-25)26-11-17-31(37)35(41)21-26/h6-21H,2-5H2,1H3. The molecule has 0 spiro atoms. The maximum atomic E-state index is 15.1. The molecule has 0 heterocycles. The quantitative estimate of drug-likeness (QED) is 0.113. The summed E-state index contributed by atoms with van der Waals surface area (Å²) in [7, 11) is 0. The molecular weight excluding hydrogens is 581 g/mol. The minimum atomic E-state index is -3.92. The first-order chi connectivity index (χ1) is 21.1. The highest BCUT2D eigenvalue weighted by atomic mass is 19.3. The van der Waals surface area contributed by atoms with Gasteiger partial charge in [0.15, 0.2) is 11.6 Å². The van der Waals surface area contributed by atoms with E-state index in [0.717, 1.165) is 49.6 Å². The second-order valence-electron chi connectivity index (χ2n) is 10.4. The van der Waals surface area contributed by atoms with Crippen LogP contribution >= 0.6 is 0 Å². The number of alkyl halides is 2. The zero-order valence-corrected chi connectivity index (χ0v) is 23.6. The minimum absolute atomic E-state index is 0.0275. The minimum Gasteiger partial charge on any atom is -0.429 e. The van der Waals surface area contributed by atoms with Crippen LogP contribution in [0.1, 0.15) is 37.3 Å². The molecule has 226 valence electrons. The van der Waals surface area contributed by atoms with Crippen LogP contribution in [0.15, 0.2) is 97.1 Å². The molecule has 0 atom stereocenters. The van der Waals surface area contributed by atoms with Crippen molar-refractivity contribution in [1.82, 2.24) is 0 Å². The summed E-state index contributed by atoms with van der Waals surface area (Å²) in [6.45, 7) is 2.04. The molecule has 0 unspecified atom stereocenters. The Balaban J connectivity index is 1.30. The van der Waals surface area contributed by atoms with Crippen molar-refractivity contribution in [2.75, 3.05) is 0 Å². The second-order valence-corrected chi connectivity index (χ2v) is 10.4. The second kappa shape index (κ2) is 13.0. The largest absolute Gasteiger partial charge is 0.429 e. The van der Waals surface area contributed by atoms with Gasteiger partial charge in [-0.2, -0.15) is 8.78 Å². The van der Waals surface area contributed by atoms with Gasteiger partial charge in [0.2, 0.25) is 0 Å². The van der Waals surface area contributed by atoms with E-state index >= 15 is 4.39 Å². The lowest BCUT2D eigenvalue weighted by atomic mass is 9.97. The van der Waals surface area contributed by atoms with Crippen molar-refractivity contribution in [3.05, 3.63) is 137 Å². The molecule has 5 aromatic carbocycles. The fourth-order valence-electron chi connectivity index (χ4n) is 4.96. The fraction of sp³-hybridized carbons (Fsp3) is 0.167. The molecule has 0 amide bonds. The molecule has 8 heteroatoms. The summed E-state index contributed by atoms with van der Waals surface area (Å²) in [6.07, 6.45) is -0.518. The van der Waals surface area contributed by atoms with Gasteiger partial charge in [-0.15, -0.1) is 0 Å². The van der Waals surface area contributed by atoms with Gasteiger partial charge in [0.25, 0.3) is 0 Å². The van der Waals surface area contributed by atoms with E-state index in [0.29, 0.717) is 23.1 Å². The Kier molecular flexibility index (Phi) is 9.09. The molecule has 0 radical (unpaired) electrons. The Hall–Kier alpha value is -4.59. The van der Waals surface area contributed by atoms with E-state index in [-0.39, 0.29) is 28.0 Å². The van der Waals surface area contributed by atoms with Crippen LogP contribution in [0.2, 0.25) is 0 Å². The van der Waals surface area contributed by atoms with Crippen molar-refractivity contribution in [2.24, 2.45) is 0 Å². The summed E-state index contributed by atoms with van der Waals surface area (Å²) in [5.41, 5.74) is 1.18. The molecule has 0 N–H and O–H groups in total. The molecule has 0 fully saturated rings. The van der Waals surface area contributed by atoms with Crippen LogP contribution in [-0.4, -0.2) is 0 Å². The Bertz CT molecular complexity index is 1780. The van der Waals surface area contributed by atoms with E-state index in [1.807, 2.05) is 6.92 Å². The molecule has 44 heavy (non-hydrogen) atoms. The van der Waals surface area contributed by atoms with E-state index in [2.05, 4.69) is 0 Å². The van der Waals surface area contributed by atoms with Gasteiger partial charge < -0.3 is 4.74 Å². The first-order valence-corrected chi connectivity index (χ1v) is 14.1. The van der Waals surface area contributed by atoms with Crippen LogP contribution in [0.3, 0.4) is 0 Å². The molecule has 0 bridgehead atoms. The summed E-state index contributed by atoms with van der Waals surface area (Å²) >= 11 is 0. The third-order valence-electron chi connectivity index (χ3n) is 7.33. The van der Waals surface area contributed by atoms with E-state index < -0.39 is 40.8 Å². The molecule has 5 aromatic rings. The number of benzene rings is 5. The SMILES string of the molecule is CCCCCc1ccc(C(F)(F)Oc2ccc(-c3ccc(-c4ccc(-c5ccc(F)c(F)c5)c(F)c4)c(F)c3)cc2)c(F)c1. The Morgan fingerprint density at radius 1 is 0.523 bits per heavy atom. The molecule has 0 aliphatic rings. The van der Waals surface area contributed by atoms with Crippen LogP contribution in [0.25, 0.3) is 33.4 Å². The lowest BCUT2D eigenvalue weighted by Gasteiger charge is -2.19. The van der Waals surface area contributed by atoms with Crippen LogP contribution in [0, 0.1) is 29.1 Å². The normalized spacial score (nSPS) is 11.5. The third-order valence-corrected chi connectivity index (χ3v) is 7.33.